The molecule has 0 aliphatic carbocycles. The molecule has 1 aromatic heterocycles. The number of aromatic nitrogens is 2. The molecule has 4 aromatic rings. The number of hydrogen-bond donors (Lipinski definition) is 1. The molecule has 1 atom stereocenters. The summed E-state index contributed by atoms with van der Waals surface area (Å²) in [6.07, 6.45) is 0. The van der Waals surface area contributed by atoms with Crippen molar-refractivity contribution in [3.63, 3.8) is 0 Å². The largest absolute Gasteiger partial charge is 0.355 e. The molecule has 31 heavy (non-hydrogen) atoms. The molecule has 0 fully saturated rings. The van der Waals surface area contributed by atoms with Gasteiger partial charge in [-0.2, -0.15) is 0 Å². The molecule has 0 saturated carbocycles. The topological polar surface area (TPSA) is 64.0 Å². The first-order valence-corrected chi connectivity index (χ1v) is 11.1. The van der Waals surface area contributed by atoms with Gasteiger partial charge in [0.05, 0.1) is 22.3 Å². The Balaban J connectivity index is 1.52. The number of nitrogens with zero attached hydrogens (tertiary/aromatic N) is 2. The molecule has 1 unspecified atom stereocenters. The van der Waals surface area contributed by atoms with Crippen LogP contribution in [0, 0.1) is 0 Å². The smallest absolute Gasteiger partial charge is 0.266 e. The van der Waals surface area contributed by atoms with Crippen LogP contribution in [0.2, 0.25) is 0 Å². The molecule has 156 valence electrons. The summed E-state index contributed by atoms with van der Waals surface area (Å²) in [6, 6.07) is 26.8. The molecule has 0 bridgehead atoms. The molecule has 0 aliphatic heterocycles. The summed E-state index contributed by atoms with van der Waals surface area (Å²) in [5, 5.41) is 4.04. The standard InChI is InChI=1S/C25H23N3O2S/c1-18(19-10-4-2-5-11-19)16-26-23(29)17-31-25-27-22-15-9-8-14-21(22)24(30)28(25)20-12-6-3-7-13-20/h2-15,18H,16-17H2,1H3,(H,26,29). The van der Waals surface area contributed by atoms with Crippen molar-refractivity contribution in [3.05, 3.63) is 101 Å². The second-order valence-electron chi connectivity index (χ2n) is 7.29. The van der Waals surface area contributed by atoms with Gasteiger partial charge in [0, 0.05) is 6.54 Å². The number of nitrogens with one attached hydrogen (secondary N) is 1. The number of benzene rings is 3. The van der Waals surface area contributed by atoms with E-state index in [1.54, 1.807) is 10.6 Å². The van der Waals surface area contributed by atoms with Crippen LogP contribution in [0.1, 0.15) is 18.4 Å². The van der Waals surface area contributed by atoms with Crippen LogP contribution in [0.4, 0.5) is 0 Å². The van der Waals surface area contributed by atoms with Gasteiger partial charge in [-0.05, 0) is 35.7 Å². The van der Waals surface area contributed by atoms with Crippen LogP contribution in [0.3, 0.4) is 0 Å². The van der Waals surface area contributed by atoms with E-state index in [0.29, 0.717) is 22.6 Å². The number of para-hydroxylation sites is 2. The molecule has 1 N–H and O–H groups in total. The van der Waals surface area contributed by atoms with E-state index < -0.39 is 0 Å². The average molecular weight is 430 g/mol. The first-order chi connectivity index (χ1) is 15.1. The maximum absolute atomic E-state index is 13.2. The van der Waals surface area contributed by atoms with Gasteiger partial charge in [0.25, 0.3) is 5.56 Å². The van der Waals surface area contributed by atoms with Crippen molar-refractivity contribution in [1.29, 1.82) is 0 Å². The summed E-state index contributed by atoms with van der Waals surface area (Å²) >= 11 is 1.27. The normalized spacial score (nSPS) is 11.9. The average Bonchev–Trinajstić information content (AvgIpc) is 2.82. The molecule has 5 nitrogen and oxygen atoms in total. The van der Waals surface area contributed by atoms with E-state index in [1.165, 1.54) is 17.3 Å². The van der Waals surface area contributed by atoms with Crippen LogP contribution in [0.25, 0.3) is 16.6 Å². The van der Waals surface area contributed by atoms with Crippen LogP contribution >= 0.6 is 11.8 Å². The third kappa shape index (κ3) is 4.86. The zero-order chi connectivity index (χ0) is 21.6. The van der Waals surface area contributed by atoms with Gasteiger partial charge >= 0.3 is 0 Å². The Bertz CT molecular complexity index is 1240. The fraction of sp³-hybridized carbons (Fsp3) is 0.160. The molecule has 4 rings (SSSR count). The minimum Gasteiger partial charge on any atom is -0.355 e. The van der Waals surface area contributed by atoms with Gasteiger partial charge in [-0.25, -0.2) is 4.98 Å². The van der Waals surface area contributed by atoms with E-state index in [0.717, 1.165) is 5.69 Å². The summed E-state index contributed by atoms with van der Waals surface area (Å²) < 4.78 is 1.58. The zero-order valence-corrected chi connectivity index (χ0v) is 18.0. The summed E-state index contributed by atoms with van der Waals surface area (Å²) in [5.41, 5.74) is 2.40. The second kappa shape index (κ2) is 9.62. The van der Waals surface area contributed by atoms with Crippen LogP contribution in [-0.4, -0.2) is 27.8 Å². The van der Waals surface area contributed by atoms with Gasteiger partial charge < -0.3 is 5.32 Å². The van der Waals surface area contributed by atoms with Gasteiger partial charge in [0.1, 0.15) is 0 Å². The highest BCUT2D eigenvalue weighted by Crippen LogP contribution is 2.21. The van der Waals surface area contributed by atoms with E-state index >= 15 is 0 Å². The lowest BCUT2D eigenvalue weighted by molar-refractivity contribution is -0.118. The molecule has 1 amide bonds. The SMILES string of the molecule is CC(CNC(=O)CSc1nc2ccccc2c(=O)n1-c1ccccc1)c1ccccc1. The van der Waals surface area contributed by atoms with E-state index in [2.05, 4.69) is 29.4 Å². The summed E-state index contributed by atoms with van der Waals surface area (Å²) in [5.74, 6) is 0.310. The van der Waals surface area contributed by atoms with Crippen molar-refractivity contribution in [3.8, 4) is 5.69 Å². The van der Waals surface area contributed by atoms with Crippen LogP contribution < -0.4 is 10.9 Å². The Morgan fingerprint density at radius 3 is 2.35 bits per heavy atom. The summed E-state index contributed by atoms with van der Waals surface area (Å²) in [6.45, 7) is 2.64. The predicted octanol–water partition coefficient (Wildman–Crippen LogP) is 4.40. The molecule has 6 heteroatoms. The van der Waals surface area contributed by atoms with E-state index in [4.69, 9.17) is 0 Å². The molecule has 0 radical (unpaired) electrons. The second-order valence-corrected chi connectivity index (χ2v) is 8.23. The van der Waals surface area contributed by atoms with Crippen molar-refractivity contribution < 1.29 is 4.79 Å². The number of carbonyl (C=O) groups is 1. The molecule has 0 aliphatic rings. The van der Waals surface area contributed by atoms with E-state index in [1.807, 2.05) is 66.7 Å². The van der Waals surface area contributed by atoms with Gasteiger partial charge in [-0.15, -0.1) is 0 Å². The highest BCUT2D eigenvalue weighted by molar-refractivity contribution is 7.99. The minimum absolute atomic E-state index is 0.0881. The number of fused-ring (bicyclic) bond motifs is 1. The maximum atomic E-state index is 13.2. The third-order valence-corrected chi connectivity index (χ3v) is 6.00. The quantitative estimate of drug-likeness (QED) is 0.349. The number of carbonyl (C=O) groups excluding carboxylic acids is 1. The van der Waals surface area contributed by atoms with E-state index in [9.17, 15) is 9.59 Å². The Kier molecular flexibility index (Phi) is 6.48. The lowest BCUT2D eigenvalue weighted by Gasteiger charge is -2.14. The van der Waals surface area contributed by atoms with Gasteiger partial charge in [-0.1, -0.05) is 79.3 Å². The number of rotatable bonds is 7. The molecular formula is C25H23N3O2S. The van der Waals surface area contributed by atoms with Crippen molar-refractivity contribution in [2.75, 3.05) is 12.3 Å². The van der Waals surface area contributed by atoms with Gasteiger partial charge in [0.15, 0.2) is 5.16 Å². The summed E-state index contributed by atoms with van der Waals surface area (Å²) in [7, 11) is 0. The Morgan fingerprint density at radius 1 is 0.968 bits per heavy atom. The molecule has 0 saturated heterocycles. The maximum Gasteiger partial charge on any atom is 0.266 e. The highest BCUT2D eigenvalue weighted by Gasteiger charge is 2.15. The molecule has 0 spiro atoms. The molecular weight excluding hydrogens is 406 g/mol. The van der Waals surface area contributed by atoms with Crippen molar-refractivity contribution in [2.45, 2.75) is 18.0 Å². The number of thioether (sulfide) groups is 1. The van der Waals surface area contributed by atoms with Crippen molar-refractivity contribution in [2.24, 2.45) is 0 Å². The first kappa shape index (κ1) is 20.9. The number of hydrogen-bond acceptors (Lipinski definition) is 4. The third-order valence-electron chi connectivity index (χ3n) is 5.07. The van der Waals surface area contributed by atoms with Crippen LogP contribution in [-0.2, 0) is 4.79 Å². The predicted molar refractivity (Wildman–Crippen MR) is 126 cm³/mol. The first-order valence-electron chi connectivity index (χ1n) is 10.1. The lowest BCUT2D eigenvalue weighted by atomic mass is 10.0. The number of amides is 1. The van der Waals surface area contributed by atoms with Gasteiger partial charge in [0.2, 0.25) is 5.91 Å². The van der Waals surface area contributed by atoms with Crippen LogP contribution in [0.15, 0.2) is 94.9 Å². The Labute approximate surface area is 185 Å². The lowest BCUT2D eigenvalue weighted by Crippen LogP contribution is -2.29. The Hall–Kier alpha value is -3.38. The fourth-order valence-corrected chi connectivity index (χ4v) is 4.20. The Morgan fingerprint density at radius 2 is 1.61 bits per heavy atom. The zero-order valence-electron chi connectivity index (χ0n) is 17.2. The molecule has 1 heterocycles. The summed E-state index contributed by atoms with van der Waals surface area (Å²) in [4.78, 5) is 30.3. The van der Waals surface area contributed by atoms with Crippen molar-refractivity contribution in [1.82, 2.24) is 14.9 Å². The van der Waals surface area contributed by atoms with Gasteiger partial charge in [-0.3, -0.25) is 14.2 Å². The monoisotopic (exact) mass is 429 g/mol. The molecule has 3 aromatic carbocycles. The van der Waals surface area contributed by atoms with Crippen molar-refractivity contribution >= 4 is 28.6 Å². The fourth-order valence-electron chi connectivity index (χ4n) is 3.36. The minimum atomic E-state index is -0.141. The highest BCUT2D eigenvalue weighted by atomic mass is 32.2. The van der Waals surface area contributed by atoms with E-state index in [-0.39, 0.29) is 23.1 Å². The van der Waals surface area contributed by atoms with Crippen LogP contribution in [0.5, 0.6) is 0 Å².